The highest BCUT2D eigenvalue weighted by molar-refractivity contribution is 6.32. The zero-order chi connectivity index (χ0) is 20.1. The molecule has 0 aliphatic carbocycles. The Kier molecular flexibility index (Phi) is 5.71. The van der Waals surface area contributed by atoms with Gasteiger partial charge in [-0.05, 0) is 48.5 Å². The van der Waals surface area contributed by atoms with E-state index in [1.807, 2.05) is 0 Å². The third-order valence-electron chi connectivity index (χ3n) is 3.76. The molecule has 0 aliphatic rings. The Morgan fingerprint density at radius 3 is 2.64 bits per heavy atom. The number of ether oxygens (including phenoxy) is 1. The van der Waals surface area contributed by atoms with Gasteiger partial charge in [0.15, 0.2) is 0 Å². The first-order chi connectivity index (χ1) is 13.5. The summed E-state index contributed by atoms with van der Waals surface area (Å²) < 4.78 is 10.6. The van der Waals surface area contributed by atoms with Crippen molar-refractivity contribution in [1.82, 2.24) is 5.43 Å². The van der Waals surface area contributed by atoms with E-state index in [2.05, 4.69) is 10.5 Å². The van der Waals surface area contributed by atoms with Crippen LogP contribution in [-0.4, -0.2) is 24.2 Å². The van der Waals surface area contributed by atoms with E-state index < -0.39 is 4.92 Å². The molecular formula is C19H14ClN3O5. The predicted octanol–water partition coefficient (Wildman–Crippen LogP) is 4.28. The SMILES string of the molecule is COc1ccc(C(=O)N/N=C\c2ccc(-c3ccc(Cl)c([N+](=O)[O-])c3)o2)cc1. The molecule has 3 aromatic rings. The van der Waals surface area contributed by atoms with Gasteiger partial charge in [0.25, 0.3) is 11.6 Å². The molecule has 1 amide bonds. The third-order valence-corrected chi connectivity index (χ3v) is 4.08. The molecule has 3 rings (SSSR count). The molecule has 28 heavy (non-hydrogen) atoms. The molecule has 0 unspecified atom stereocenters. The summed E-state index contributed by atoms with van der Waals surface area (Å²) in [6.07, 6.45) is 1.33. The first-order valence-corrected chi connectivity index (χ1v) is 8.37. The Balaban J connectivity index is 1.68. The van der Waals surface area contributed by atoms with Gasteiger partial charge in [0.05, 0.1) is 18.2 Å². The molecule has 0 saturated heterocycles. The number of furan rings is 1. The second-order valence-electron chi connectivity index (χ2n) is 5.55. The molecule has 2 aromatic carbocycles. The summed E-state index contributed by atoms with van der Waals surface area (Å²) in [5, 5.41) is 14.9. The number of rotatable bonds is 6. The maximum Gasteiger partial charge on any atom is 0.288 e. The predicted molar refractivity (Wildman–Crippen MR) is 104 cm³/mol. The maximum atomic E-state index is 12.0. The molecule has 0 atom stereocenters. The molecule has 8 nitrogen and oxygen atoms in total. The lowest BCUT2D eigenvalue weighted by Gasteiger charge is -2.01. The third kappa shape index (κ3) is 4.36. The fraction of sp³-hybridized carbons (Fsp3) is 0.0526. The second-order valence-corrected chi connectivity index (χ2v) is 5.96. The van der Waals surface area contributed by atoms with Crippen molar-refractivity contribution < 1.29 is 18.9 Å². The lowest BCUT2D eigenvalue weighted by Crippen LogP contribution is -2.17. The zero-order valence-electron chi connectivity index (χ0n) is 14.6. The largest absolute Gasteiger partial charge is 0.497 e. The van der Waals surface area contributed by atoms with Crippen molar-refractivity contribution in [1.29, 1.82) is 0 Å². The first-order valence-electron chi connectivity index (χ1n) is 7.99. The summed E-state index contributed by atoms with van der Waals surface area (Å²) in [5.41, 5.74) is 3.10. The van der Waals surface area contributed by atoms with Crippen LogP contribution in [0.2, 0.25) is 5.02 Å². The summed E-state index contributed by atoms with van der Waals surface area (Å²) >= 11 is 5.81. The minimum Gasteiger partial charge on any atom is -0.497 e. The van der Waals surface area contributed by atoms with Crippen molar-refractivity contribution in [2.24, 2.45) is 5.10 Å². The lowest BCUT2D eigenvalue weighted by atomic mass is 10.1. The van der Waals surface area contributed by atoms with Crippen molar-refractivity contribution in [3.05, 3.63) is 81.1 Å². The highest BCUT2D eigenvalue weighted by Crippen LogP contribution is 2.31. The first kappa shape index (κ1) is 19.1. The van der Waals surface area contributed by atoms with Crippen LogP contribution in [0.1, 0.15) is 16.1 Å². The van der Waals surface area contributed by atoms with E-state index in [0.29, 0.717) is 28.4 Å². The Hall–Kier alpha value is -3.65. The number of hydrogen-bond acceptors (Lipinski definition) is 6. The molecular weight excluding hydrogens is 386 g/mol. The second kappa shape index (κ2) is 8.36. The number of nitro benzene ring substituents is 1. The summed E-state index contributed by atoms with van der Waals surface area (Å²) in [7, 11) is 1.54. The molecule has 9 heteroatoms. The molecule has 0 aliphatic heterocycles. The van der Waals surface area contributed by atoms with Gasteiger partial charge in [-0.25, -0.2) is 5.43 Å². The summed E-state index contributed by atoms with van der Waals surface area (Å²) in [4.78, 5) is 22.4. The number of carbonyl (C=O) groups is 1. The van der Waals surface area contributed by atoms with Crippen molar-refractivity contribution in [3.63, 3.8) is 0 Å². The minimum absolute atomic E-state index is 0.0448. The van der Waals surface area contributed by atoms with Crippen molar-refractivity contribution in [2.45, 2.75) is 0 Å². The summed E-state index contributed by atoms with van der Waals surface area (Å²) in [5.74, 6) is 1.02. The number of amides is 1. The number of benzene rings is 2. The van der Waals surface area contributed by atoms with Crippen LogP contribution >= 0.6 is 11.6 Å². The summed E-state index contributed by atoms with van der Waals surface area (Å²) in [6.45, 7) is 0. The van der Waals surface area contributed by atoms with Gasteiger partial charge < -0.3 is 9.15 Å². The van der Waals surface area contributed by atoms with Gasteiger partial charge in [-0.1, -0.05) is 11.6 Å². The van der Waals surface area contributed by atoms with E-state index in [1.165, 1.54) is 18.3 Å². The average molecular weight is 400 g/mol. The van der Waals surface area contributed by atoms with E-state index in [9.17, 15) is 14.9 Å². The molecule has 0 radical (unpaired) electrons. The van der Waals surface area contributed by atoms with Gasteiger partial charge in [-0.15, -0.1) is 0 Å². The van der Waals surface area contributed by atoms with E-state index in [-0.39, 0.29) is 16.6 Å². The number of nitro groups is 1. The molecule has 1 N–H and O–H groups in total. The highest BCUT2D eigenvalue weighted by atomic mass is 35.5. The number of carbonyl (C=O) groups excluding carboxylic acids is 1. The van der Waals surface area contributed by atoms with Crippen LogP contribution in [-0.2, 0) is 0 Å². The minimum atomic E-state index is -0.564. The van der Waals surface area contributed by atoms with Crippen LogP contribution in [0.15, 0.2) is 64.1 Å². The van der Waals surface area contributed by atoms with Gasteiger partial charge in [-0.2, -0.15) is 5.10 Å². The number of halogens is 1. The molecule has 1 aromatic heterocycles. The molecule has 0 bridgehead atoms. The number of nitrogens with zero attached hydrogens (tertiary/aromatic N) is 2. The van der Waals surface area contributed by atoms with Gasteiger partial charge in [-0.3, -0.25) is 14.9 Å². The summed E-state index contributed by atoms with van der Waals surface area (Å²) in [6, 6.07) is 14.2. The van der Waals surface area contributed by atoms with Crippen LogP contribution in [0.5, 0.6) is 5.75 Å². The highest BCUT2D eigenvalue weighted by Gasteiger charge is 2.15. The van der Waals surface area contributed by atoms with Crippen LogP contribution < -0.4 is 10.2 Å². The smallest absolute Gasteiger partial charge is 0.288 e. The van der Waals surface area contributed by atoms with Crippen molar-refractivity contribution >= 4 is 29.4 Å². The topological polar surface area (TPSA) is 107 Å². The van der Waals surface area contributed by atoms with Crippen molar-refractivity contribution in [3.8, 4) is 17.1 Å². The van der Waals surface area contributed by atoms with Gasteiger partial charge in [0.1, 0.15) is 22.3 Å². The Labute approximate surface area is 164 Å². The van der Waals surface area contributed by atoms with Crippen LogP contribution in [0.4, 0.5) is 5.69 Å². The Bertz CT molecular complexity index is 1040. The Morgan fingerprint density at radius 1 is 1.21 bits per heavy atom. The molecule has 0 saturated carbocycles. The normalized spacial score (nSPS) is 10.8. The lowest BCUT2D eigenvalue weighted by molar-refractivity contribution is -0.384. The Morgan fingerprint density at radius 2 is 1.96 bits per heavy atom. The van der Waals surface area contributed by atoms with E-state index >= 15 is 0 Å². The molecule has 1 heterocycles. The zero-order valence-corrected chi connectivity index (χ0v) is 15.3. The van der Waals surface area contributed by atoms with Crippen LogP contribution in [0.3, 0.4) is 0 Å². The average Bonchev–Trinajstić information content (AvgIpc) is 3.17. The van der Waals surface area contributed by atoms with Crippen LogP contribution in [0, 0.1) is 10.1 Å². The van der Waals surface area contributed by atoms with E-state index in [0.717, 1.165) is 0 Å². The van der Waals surface area contributed by atoms with E-state index in [1.54, 1.807) is 49.6 Å². The molecule has 142 valence electrons. The van der Waals surface area contributed by atoms with E-state index in [4.69, 9.17) is 20.8 Å². The monoisotopic (exact) mass is 399 g/mol. The van der Waals surface area contributed by atoms with Crippen LogP contribution in [0.25, 0.3) is 11.3 Å². The number of nitrogens with one attached hydrogen (secondary N) is 1. The van der Waals surface area contributed by atoms with Crippen molar-refractivity contribution in [2.75, 3.05) is 7.11 Å². The fourth-order valence-electron chi connectivity index (χ4n) is 2.34. The molecule has 0 spiro atoms. The maximum absolute atomic E-state index is 12.0. The standard InChI is InChI=1S/C19H14ClN3O5/c1-27-14-5-2-12(3-6-14)19(24)22-21-11-15-7-9-18(28-15)13-4-8-16(20)17(10-13)23(25)26/h2-11H,1H3,(H,22,24)/b21-11-. The van der Waals surface area contributed by atoms with Gasteiger partial charge in [0, 0.05) is 17.2 Å². The number of methoxy groups -OCH3 is 1. The van der Waals surface area contributed by atoms with Gasteiger partial charge >= 0.3 is 0 Å². The van der Waals surface area contributed by atoms with Gasteiger partial charge in [0.2, 0.25) is 0 Å². The molecule has 0 fully saturated rings. The number of hydrazone groups is 1. The quantitative estimate of drug-likeness (QED) is 0.378. The number of hydrogen-bond donors (Lipinski definition) is 1. The fourth-order valence-corrected chi connectivity index (χ4v) is 2.53.